The summed E-state index contributed by atoms with van der Waals surface area (Å²) >= 11 is 0. The molecule has 1 aliphatic rings. The van der Waals surface area contributed by atoms with Crippen LogP contribution in [-0.4, -0.2) is 31.1 Å². The minimum Gasteiger partial charge on any atom is -0.462 e. The molecule has 0 bridgehead atoms. The van der Waals surface area contributed by atoms with E-state index in [0.29, 0.717) is 6.61 Å². The first kappa shape index (κ1) is 12.7. The number of esters is 1. The van der Waals surface area contributed by atoms with Crippen molar-refractivity contribution >= 4 is 5.97 Å². The van der Waals surface area contributed by atoms with Crippen LogP contribution in [0, 0.1) is 11.3 Å². The predicted molar refractivity (Wildman–Crippen MR) is 55.2 cm³/mol. The van der Waals surface area contributed by atoms with Crippen LogP contribution < -0.4 is 0 Å². The van der Waals surface area contributed by atoms with Crippen molar-refractivity contribution in [2.75, 3.05) is 13.2 Å². The van der Waals surface area contributed by atoms with E-state index < -0.39 is 11.8 Å². The van der Waals surface area contributed by atoms with Crippen molar-refractivity contribution in [1.82, 2.24) is 0 Å². The smallest absolute Gasteiger partial charge is 0.348 e. The van der Waals surface area contributed by atoms with E-state index in [2.05, 4.69) is 0 Å². The van der Waals surface area contributed by atoms with E-state index >= 15 is 0 Å². The molecule has 5 nitrogen and oxygen atoms in total. The third-order valence-corrected chi connectivity index (χ3v) is 2.00. The number of nitriles is 1. The Balaban J connectivity index is 2.68. The lowest BCUT2D eigenvalue weighted by atomic mass is 10.2. The summed E-state index contributed by atoms with van der Waals surface area (Å²) in [5.41, 5.74) is -0.0480. The van der Waals surface area contributed by atoms with E-state index in [4.69, 9.17) is 19.5 Å². The zero-order chi connectivity index (χ0) is 12.2. The summed E-state index contributed by atoms with van der Waals surface area (Å²) in [7, 11) is 0. The van der Waals surface area contributed by atoms with Gasteiger partial charge < -0.3 is 14.2 Å². The number of carbonyl (C=O) groups excluding carboxylic acids is 1. The fourth-order valence-corrected chi connectivity index (χ4v) is 1.34. The Morgan fingerprint density at radius 1 is 1.69 bits per heavy atom. The summed E-state index contributed by atoms with van der Waals surface area (Å²) in [6, 6.07) is 1.79. The second-order valence-electron chi connectivity index (χ2n) is 3.78. The van der Waals surface area contributed by atoms with Gasteiger partial charge in [0.05, 0.1) is 13.2 Å². The van der Waals surface area contributed by atoms with Crippen molar-refractivity contribution in [3.05, 3.63) is 11.6 Å². The third-order valence-electron chi connectivity index (χ3n) is 2.00. The molecule has 1 saturated heterocycles. The first-order valence-electron chi connectivity index (χ1n) is 5.09. The Bertz CT molecular complexity index is 340. The van der Waals surface area contributed by atoms with E-state index in [0.717, 1.165) is 0 Å². The Morgan fingerprint density at radius 2 is 2.38 bits per heavy atom. The number of rotatable bonds is 3. The average Bonchev–Trinajstić information content (AvgIpc) is 2.55. The highest BCUT2D eigenvalue weighted by molar-refractivity contribution is 5.92. The maximum absolute atomic E-state index is 11.3. The molecule has 1 fully saturated rings. The lowest BCUT2D eigenvalue weighted by molar-refractivity contribution is -0.139. The molecule has 0 amide bonds. The van der Waals surface area contributed by atoms with Crippen LogP contribution >= 0.6 is 0 Å². The molecular weight excluding hydrogens is 210 g/mol. The Morgan fingerprint density at radius 3 is 2.81 bits per heavy atom. The van der Waals surface area contributed by atoms with E-state index in [1.54, 1.807) is 26.8 Å². The lowest BCUT2D eigenvalue weighted by Crippen LogP contribution is -2.21. The van der Waals surface area contributed by atoms with Crippen LogP contribution in [0.4, 0.5) is 0 Å². The molecule has 0 spiro atoms. The van der Waals surface area contributed by atoms with Crippen molar-refractivity contribution in [3.8, 4) is 6.07 Å². The molecule has 0 aromatic rings. The standard InChI is InChI=1S/C11H15NO4/c1-4-14-10(13)8(6-12)5-9-7-15-11(2,3)16-9/h5,9H,4,7H2,1-3H3/b8-5+. The first-order chi connectivity index (χ1) is 7.48. The van der Waals surface area contributed by atoms with Gasteiger partial charge in [-0.1, -0.05) is 0 Å². The number of ether oxygens (including phenoxy) is 3. The zero-order valence-electron chi connectivity index (χ0n) is 9.65. The van der Waals surface area contributed by atoms with Crippen LogP contribution in [0.5, 0.6) is 0 Å². The summed E-state index contributed by atoms with van der Waals surface area (Å²) in [4.78, 5) is 11.3. The maximum Gasteiger partial charge on any atom is 0.348 e. The van der Waals surface area contributed by atoms with Gasteiger partial charge in [0, 0.05) is 0 Å². The van der Waals surface area contributed by atoms with Crippen LogP contribution in [0.15, 0.2) is 11.6 Å². The van der Waals surface area contributed by atoms with Crippen molar-refractivity contribution in [2.45, 2.75) is 32.7 Å². The highest BCUT2D eigenvalue weighted by atomic mass is 16.7. The normalized spacial score (nSPS) is 23.9. The number of carbonyl (C=O) groups is 1. The van der Waals surface area contributed by atoms with Crippen molar-refractivity contribution < 1.29 is 19.0 Å². The summed E-state index contributed by atoms with van der Waals surface area (Å²) < 4.78 is 15.5. The van der Waals surface area contributed by atoms with Crippen molar-refractivity contribution in [2.24, 2.45) is 0 Å². The fourth-order valence-electron chi connectivity index (χ4n) is 1.34. The van der Waals surface area contributed by atoms with E-state index in [1.807, 2.05) is 0 Å². The van der Waals surface area contributed by atoms with Gasteiger partial charge in [-0.25, -0.2) is 4.79 Å². The SMILES string of the molecule is CCOC(=O)/C(C#N)=C/C1COC(C)(C)O1. The molecule has 5 heteroatoms. The molecule has 1 heterocycles. The zero-order valence-corrected chi connectivity index (χ0v) is 9.65. The molecule has 0 aromatic carbocycles. The summed E-state index contributed by atoms with van der Waals surface area (Å²) in [5.74, 6) is -1.30. The number of hydrogen-bond acceptors (Lipinski definition) is 5. The topological polar surface area (TPSA) is 68.6 Å². The summed E-state index contributed by atoms with van der Waals surface area (Å²) in [6.07, 6.45) is 1.06. The monoisotopic (exact) mass is 225 g/mol. The molecule has 0 saturated carbocycles. The third kappa shape index (κ3) is 3.33. The van der Waals surface area contributed by atoms with Crippen molar-refractivity contribution in [3.63, 3.8) is 0 Å². The molecule has 0 radical (unpaired) electrons. The second kappa shape index (κ2) is 5.10. The quantitative estimate of drug-likeness (QED) is 0.409. The molecule has 1 atom stereocenters. The minimum atomic E-state index is -0.670. The summed E-state index contributed by atoms with van der Waals surface area (Å²) in [6.45, 7) is 5.81. The van der Waals surface area contributed by atoms with Crippen LogP contribution in [-0.2, 0) is 19.0 Å². The van der Waals surface area contributed by atoms with E-state index in [-0.39, 0.29) is 18.3 Å². The van der Waals surface area contributed by atoms with E-state index in [1.165, 1.54) is 6.08 Å². The average molecular weight is 225 g/mol. The molecule has 88 valence electrons. The predicted octanol–water partition coefficient (Wildman–Crippen LogP) is 1.15. The fraction of sp³-hybridized carbons (Fsp3) is 0.636. The second-order valence-corrected chi connectivity index (χ2v) is 3.78. The number of hydrogen-bond donors (Lipinski definition) is 0. The first-order valence-corrected chi connectivity index (χ1v) is 5.09. The van der Waals surface area contributed by atoms with Crippen LogP contribution in [0.2, 0.25) is 0 Å². The van der Waals surface area contributed by atoms with Gasteiger partial charge in [-0.2, -0.15) is 5.26 Å². The molecule has 1 unspecified atom stereocenters. The van der Waals surface area contributed by atoms with Crippen LogP contribution in [0.3, 0.4) is 0 Å². The van der Waals surface area contributed by atoms with Gasteiger partial charge in [0.25, 0.3) is 0 Å². The molecule has 1 aliphatic heterocycles. The number of nitrogens with zero attached hydrogens (tertiary/aromatic N) is 1. The highest BCUT2D eigenvalue weighted by Crippen LogP contribution is 2.23. The van der Waals surface area contributed by atoms with Gasteiger partial charge in [0.1, 0.15) is 17.7 Å². The molecule has 1 rings (SSSR count). The van der Waals surface area contributed by atoms with Gasteiger partial charge in [-0.3, -0.25) is 0 Å². The Kier molecular flexibility index (Phi) is 4.05. The molecule has 16 heavy (non-hydrogen) atoms. The minimum absolute atomic E-state index is 0.0480. The van der Waals surface area contributed by atoms with Gasteiger partial charge >= 0.3 is 5.97 Å². The van der Waals surface area contributed by atoms with Crippen LogP contribution in [0.1, 0.15) is 20.8 Å². The van der Waals surface area contributed by atoms with Crippen molar-refractivity contribution in [1.29, 1.82) is 5.26 Å². The Hall–Kier alpha value is -1.38. The van der Waals surface area contributed by atoms with E-state index in [9.17, 15) is 4.79 Å². The van der Waals surface area contributed by atoms with Gasteiger partial charge in [-0.15, -0.1) is 0 Å². The molecular formula is C11H15NO4. The van der Waals surface area contributed by atoms with Crippen LogP contribution in [0.25, 0.3) is 0 Å². The highest BCUT2D eigenvalue weighted by Gasteiger charge is 2.32. The summed E-state index contributed by atoms with van der Waals surface area (Å²) in [5, 5.41) is 8.80. The largest absolute Gasteiger partial charge is 0.462 e. The lowest BCUT2D eigenvalue weighted by Gasteiger charge is -2.15. The van der Waals surface area contributed by atoms with Gasteiger partial charge in [0.2, 0.25) is 0 Å². The Labute approximate surface area is 94.6 Å². The van der Waals surface area contributed by atoms with Gasteiger partial charge in [-0.05, 0) is 26.8 Å². The maximum atomic E-state index is 11.3. The molecule has 0 N–H and O–H groups in total. The van der Waals surface area contributed by atoms with Gasteiger partial charge in [0.15, 0.2) is 5.79 Å². The molecule has 0 aliphatic carbocycles. The molecule has 0 aromatic heterocycles.